The number of fused-ring (bicyclic) bond motifs is 1. The number of benzene rings is 1. The molecule has 1 aromatic carbocycles. The number of rotatable bonds is 4. The molecule has 1 aliphatic heterocycles. The SMILES string of the molecule is O=C(NNC(=O)c1ccccn1)c1cccc(S(=O)(=O)N2CCc3sccc3C2)c1. The molecule has 0 saturated carbocycles. The van der Waals surface area contributed by atoms with Gasteiger partial charge in [-0.2, -0.15) is 4.31 Å². The topological polar surface area (TPSA) is 108 Å². The molecule has 8 nitrogen and oxygen atoms in total. The van der Waals surface area contributed by atoms with Gasteiger partial charge < -0.3 is 0 Å². The molecule has 0 spiro atoms. The minimum atomic E-state index is -3.75. The Balaban J connectivity index is 1.47. The van der Waals surface area contributed by atoms with E-state index in [-0.39, 0.29) is 16.2 Å². The molecule has 0 saturated heterocycles. The van der Waals surface area contributed by atoms with Gasteiger partial charge in [0.05, 0.1) is 4.90 Å². The number of nitrogens with one attached hydrogen (secondary N) is 2. The number of nitrogens with zero attached hydrogens (tertiary/aromatic N) is 2. The maximum absolute atomic E-state index is 13.1. The third-order valence-electron chi connectivity index (χ3n) is 4.69. The van der Waals surface area contributed by atoms with E-state index in [2.05, 4.69) is 15.8 Å². The first-order valence-corrected chi connectivity index (χ1v) is 11.4. The van der Waals surface area contributed by atoms with Crippen LogP contribution >= 0.6 is 11.3 Å². The van der Waals surface area contributed by atoms with Crippen molar-refractivity contribution < 1.29 is 18.0 Å². The Morgan fingerprint density at radius 3 is 2.67 bits per heavy atom. The first kappa shape index (κ1) is 20.2. The summed E-state index contributed by atoms with van der Waals surface area (Å²) in [7, 11) is -3.75. The number of pyridine rings is 1. The van der Waals surface area contributed by atoms with E-state index in [4.69, 9.17) is 0 Å². The summed E-state index contributed by atoms with van der Waals surface area (Å²) in [5, 5.41) is 1.96. The third-order valence-corrected chi connectivity index (χ3v) is 7.56. The number of carbonyl (C=O) groups is 2. The van der Waals surface area contributed by atoms with Gasteiger partial charge in [-0.15, -0.1) is 11.3 Å². The average Bonchev–Trinajstić information content (AvgIpc) is 3.26. The Labute approximate surface area is 177 Å². The van der Waals surface area contributed by atoms with Crippen molar-refractivity contribution >= 4 is 33.2 Å². The largest absolute Gasteiger partial charge is 0.288 e. The molecule has 30 heavy (non-hydrogen) atoms. The molecule has 1 aliphatic rings. The second-order valence-electron chi connectivity index (χ2n) is 6.61. The molecule has 2 amide bonds. The summed E-state index contributed by atoms with van der Waals surface area (Å²) in [6.45, 7) is 0.712. The van der Waals surface area contributed by atoms with Gasteiger partial charge in [-0.05, 0) is 53.8 Å². The smallest absolute Gasteiger partial charge is 0.267 e. The predicted octanol–water partition coefficient (Wildman–Crippen LogP) is 1.96. The van der Waals surface area contributed by atoms with E-state index < -0.39 is 21.8 Å². The number of hydrogen-bond donors (Lipinski definition) is 2. The zero-order valence-corrected chi connectivity index (χ0v) is 17.4. The van der Waals surface area contributed by atoms with Crippen molar-refractivity contribution in [3.05, 3.63) is 81.8 Å². The van der Waals surface area contributed by atoms with Crippen LogP contribution < -0.4 is 10.9 Å². The van der Waals surface area contributed by atoms with Gasteiger partial charge in [0.1, 0.15) is 5.69 Å². The Morgan fingerprint density at radius 1 is 1.03 bits per heavy atom. The van der Waals surface area contributed by atoms with E-state index in [0.29, 0.717) is 19.5 Å². The normalized spacial score (nSPS) is 14.0. The van der Waals surface area contributed by atoms with Crippen LogP contribution in [0.2, 0.25) is 0 Å². The van der Waals surface area contributed by atoms with Crippen LogP contribution in [0.3, 0.4) is 0 Å². The maximum Gasteiger partial charge on any atom is 0.288 e. The fourth-order valence-corrected chi connectivity index (χ4v) is 5.48. The first-order valence-electron chi connectivity index (χ1n) is 9.12. The monoisotopic (exact) mass is 442 g/mol. The molecule has 154 valence electrons. The third kappa shape index (κ3) is 4.11. The van der Waals surface area contributed by atoms with Crippen molar-refractivity contribution in [1.82, 2.24) is 20.1 Å². The summed E-state index contributed by atoms with van der Waals surface area (Å²) < 4.78 is 27.5. The Kier molecular flexibility index (Phi) is 5.62. The van der Waals surface area contributed by atoms with Crippen LogP contribution in [0.4, 0.5) is 0 Å². The average molecular weight is 443 g/mol. The Bertz CT molecular complexity index is 1190. The fraction of sp³-hybridized carbons (Fsp3) is 0.150. The van der Waals surface area contributed by atoms with Gasteiger partial charge >= 0.3 is 0 Å². The highest BCUT2D eigenvalue weighted by molar-refractivity contribution is 7.89. The highest BCUT2D eigenvalue weighted by Crippen LogP contribution is 2.28. The van der Waals surface area contributed by atoms with Gasteiger partial charge in [0.25, 0.3) is 11.8 Å². The standard InChI is InChI=1S/C20H18N4O4S2/c25-19(22-23-20(26)17-6-1-2-9-21-17)14-4-3-5-16(12-14)30(27,28)24-10-7-18-15(13-24)8-11-29-18/h1-6,8-9,11-12H,7,10,13H2,(H,22,25)(H,23,26). The second-order valence-corrected chi connectivity index (χ2v) is 9.55. The lowest BCUT2D eigenvalue weighted by Gasteiger charge is -2.26. The van der Waals surface area contributed by atoms with Gasteiger partial charge in [-0.25, -0.2) is 8.42 Å². The molecule has 10 heteroatoms. The van der Waals surface area contributed by atoms with E-state index in [1.807, 2.05) is 11.4 Å². The summed E-state index contributed by atoms with van der Waals surface area (Å²) in [5.74, 6) is -1.21. The lowest BCUT2D eigenvalue weighted by atomic mass is 10.1. The van der Waals surface area contributed by atoms with Crippen molar-refractivity contribution in [2.24, 2.45) is 0 Å². The summed E-state index contributed by atoms with van der Waals surface area (Å²) in [6, 6.07) is 12.5. The lowest BCUT2D eigenvalue weighted by Crippen LogP contribution is -2.42. The molecule has 0 atom stereocenters. The summed E-state index contributed by atoms with van der Waals surface area (Å²) in [6.07, 6.45) is 2.14. The van der Waals surface area contributed by atoms with Crippen molar-refractivity contribution in [2.75, 3.05) is 6.54 Å². The number of hydrazine groups is 1. The van der Waals surface area contributed by atoms with E-state index in [9.17, 15) is 18.0 Å². The van der Waals surface area contributed by atoms with E-state index >= 15 is 0 Å². The van der Waals surface area contributed by atoms with Crippen molar-refractivity contribution in [3.8, 4) is 0 Å². The van der Waals surface area contributed by atoms with Crippen LogP contribution in [0.15, 0.2) is 65.0 Å². The molecule has 2 aromatic heterocycles. The zero-order valence-electron chi connectivity index (χ0n) is 15.7. The van der Waals surface area contributed by atoms with E-state index in [1.165, 1.54) is 45.7 Å². The number of aromatic nitrogens is 1. The Hall–Kier alpha value is -3.08. The summed E-state index contributed by atoms with van der Waals surface area (Å²) >= 11 is 1.63. The second kappa shape index (κ2) is 8.34. The van der Waals surface area contributed by atoms with Crippen LogP contribution in [0, 0.1) is 0 Å². The van der Waals surface area contributed by atoms with Crippen LogP contribution in [0.1, 0.15) is 31.3 Å². The number of hydrogen-bond acceptors (Lipinski definition) is 6. The molecule has 0 fully saturated rings. The highest BCUT2D eigenvalue weighted by atomic mass is 32.2. The van der Waals surface area contributed by atoms with Crippen molar-refractivity contribution in [2.45, 2.75) is 17.9 Å². The lowest BCUT2D eigenvalue weighted by molar-refractivity contribution is 0.0844. The van der Waals surface area contributed by atoms with Crippen molar-refractivity contribution in [1.29, 1.82) is 0 Å². The summed E-state index contributed by atoms with van der Waals surface area (Å²) in [4.78, 5) is 29.5. The molecular weight excluding hydrogens is 424 g/mol. The molecule has 0 unspecified atom stereocenters. The number of thiophene rings is 1. The van der Waals surface area contributed by atoms with Crippen LogP contribution in [-0.4, -0.2) is 36.1 Å². The van der Waals surface area contributed by atoms with E-state index in [1.54, 1.807) is 23.5 Å². The van der Waals surface area contributed by atoms with Gasteiger partial charge in [-0.3, -0.25) is 25.4 Å². The summed E-state index contributed by atoms with van der Waals surface area (Å²) in [5.41, 5.74) is 5.82. The quantitative estimate of drug-likeness (QED) is 0.601. The van der Waals surface area contributed by atoms with Gasteiger partial charge in [0.15, 0.2) is 0 Å². The number of amides is 2. The minimum absolute atomic E-state index is 0.0323. The van der Waals surface area contributed by atoms with Crippen LogP contribution in [-0.2, 0) is 23.0 Å². The highest BCUT2D eigenvalue weighted by Gasteiger charge is 2.29. The predicted molar refractivity (Wildman–Crippen MR) is 111 cm³/mol. The van der Waals surface area contributed by atoms with Gasteiger partial charge in [0.2, 0.25) is 10.0 Å². The number of sulfonamides is 1. The van der Waals surface area contributed by atoms with Gasteiger partial charge in [-0.1, -0.05) is 12.1 Å². The zero-order chi connectivity index (χ0) is 21.1. The molecule has 0 bridgehead atoms. The molecular formula is C20H18N4O4S2. The number of carbonyl (C=O) groups excluding carboxylic acids is 2. The Morgan fingerprint density at radius 2 is 1.87 bits per heavy atom. The first-order chi connectivity index (χ1) is 14.4. The van der Waals surface area contributed by atoms with E-state index in [0.717, 1.165) is 5.56 Å². The molecule has 0 aliphatic carbocycles. The fourth-order valence-electron chi connectivity index (χ4n) is 3.12. The van der Waals surface area contributed by atoms with Crippen LogP contribution in [0.5, 0.6) is 0 Å². The van der Waals surface area contributed by atoms with Crippen LogP contribution in [0.25, 0.3) is 0 Å². The molecule has 3 aromatic rings. The molecule has 4 rings (SSSR count). The molecule has 0 radical (unpaired) electrons. The van der Waals surface area contributed by atoms with Gasteiger partial charge in [0, 0.05) is 29.7 Å². The van der Waals surface area contributed by atoms with Crippen molar-refractivity contribution in [3.63, 3.8) is 0 Å². The molecule has 3 heterocycles. The molecule has 2 N–H and O–H groups in total. The minimum Gasteiger partial charge on any atom is -0.267 e. The maximum atomic E-state index is 13.1.